The highest BCUT2D eigenvalue weighted by Gasteiger charge is 2.23. The van der Waals surface area contributed by atoms with Crippen molar-refractivity contribution in [1.29, 1.82) is 0 Å². The van der Waals surface area contributed by atoms with Crippen molar-refractivity contribution in [1.82, 2.24) is 9.97 Å². The van der Waals surface area contributed by atoms with Gasteiger partial charge >= 0.3 is 0 Å². The number of aromatic nitrogens is 2. The molecule has 3 heterocycles. The lowest BCUT2D eigenvalue weighted by Gasteiger charge is -2.34. The van der Waals surface area contributed by atoms with E-state index in [9.17, 15) is 0 Å². The van der Waals surface area contributed by atoms with E-state index in [4.69, 9.17) is 9.72 Å². The molecule has 5 nitrogen and oxygen atoms in total. The van der Waals surface area contributed by atoms with Crippen molar-refractivity contribution in [2.75, 3.05) is 37.0 Å². The van der Waals surface area contributed by atoms with E-state index in [0.717, 1.165) is 36.8 Å². The van der Waals surface area contributed by atoms with Crippen LogP contribution in [0.25, 0.3) is 10.2 Å². The van der Waals surface area contributed by atoms with Crippen molar-refractivity contribution < 1.29 is 4.74 Å². The standard InChI is InChI=1S/C14H20N4OS/c1-4-10-7-11-12(18-5-6-19-8-9(18)2)16-14(15-3)17-13(11)20-10/h7,9H,4-6,8H2,1-3H3,(H,15,16,17). The summed E-state index contributed by atoms with van der Waals surface area (Å²) in [4.78, 5) is 14.0. The summed E-state index contributed by atoms with van der Waals surface area (Å²) in [6.07, 6.45) is 1.04. The number of rotatable bonds is 3. The molecule has 1 aliphatic rings. The van der Waals surface area contributed by atoms with Gasteiger partial charge in [0, 0.05) is 18.5 Å². The molecule has 0 aromatic carbocycles. The second-order valence-electron chi connectivity index (χ2n) is 5.02. The normalized spacial score (nSPS) is 19.6. The van der Waals surface area contributed by atoms with E-state index in [1.54, 1.807) is 11.3 Å². The van der Waals surface area contributed by atoms with Crippen LogP contribution in [-0.4, -0.2) is 42.8 Å². The van der Waals surface area contributed by atoms with E-state index < -0.39 is 0 Å². The summed E-state index contributed by atoms with van der Waals surface area (Å²) in [7, 11) is 1.86. The van der Waals surface area contributed by atoms with Gasteiger partial charge in [-0.2, -0.15) is 4.98 Å². The molecule has 0 spiro atoms. The highest BCUT2D eigenvalue weighted by atomic mass is 32.1. The minimum atomic E-state index is 0.344. The SMILES string of the molecule is CCc1cc2c(N3CCOCC3C)nc(NC)nc2s1. The van der Waals surface area contributed by atoms with Gasteiger partial charge in [0.2, 0.25) is 5.95 Å². The molecule has 0 saturated carbocycles. The van der Waals surface area contributed by atoms with Crippen molar-refractivity contribution in [3.05, 3.63) is 10.9 Å². The predicted octanol–water partition coefficient (Wildman–Crippen LogP) is 2.52. The summed E-state index contributed by atoms with van der Waals surface area (Å²) >= 11 is 1.76. The first kappa shape index (κ1) is 13.6. The zero-order valence-electron chi connectivity index (χ0n) is 12.1. The van der Waals surface area contributed by atoms with Crippen molar-refractivity contribution in [2.45, 2.75) is 26.3 Å². The van der Waals surface area contributed by atoms with Crippen LogP contribution in [0.5, 0.6) is 0 Å². The van der Waals surface area contributed by atoms with E-state index in [1.165, 1.54) is 10.3 Å². The third-order valence-electron chi connectivity index (χ3n) is 3.64. The lowest BCUT2D eigenvalue weighted by atomic mass is 10.2. The average Bonchev–Trinajstić information content (AvgIpc) is 2.90. The summed E-state index contributed by atoms with van der Waals surface area (Å²) in [5.74, 6) is 1.72. The monoisotopic (exact) mass is 292 g/mol. The second kappa shape index (κ2) is 5.54. The number of hydrogen-bond acceptors (Lipinski definition) is 6. The fraction of sp³-hybridized carbons (Fsp3) is 0.571. The van der Waals surface area contributed by atoms with Gasteiger partial charge in [-0.25, -0.2) is 4.98 Å². The molecule has 20 heavy (non-hydrogen) atoms. The molecule has 0 aliphatic carbocycles. The maximum absolute atomic E-state index is 5.53. The van der Waals surface area contributed by atoms with Crippen LogP contribution in [0.2, 0.25) is 0 Å². The van der Waals surface area contributed by atoms with Gasteiger partial charge in [-0.15, -0.1) is 11.3 Å². The molecule has 1 aliphatic heterocycles. The van der Waals surface area contributed by atoms with Crippen LogP contribution in [0.1, 0.15) is 18.7 Å². The lowest BCUT2D eigenvalue weighted by molar-refractivity contribution is 0.0987. The number of hydrogen-bond donors (Lipinski definition) is 1. The Morgan fingerprint density at radius 1 is 1.50 bits per heavy atom. The number of thiophene rings is 1. The number of anilines is 2. The van der Waals surface area contributed by atoms with E-state index in [0.29, 0.717) is 12.0 Å². The van der Waals surface area contributed by atoms with Crippen LogP contribution in [-0.2, 0) is 11.2 Å². The molecule has 1 N–H and O–H groups in total. The van der Waals surface area contributed by atoms with Gasteiger partial charge < -0.3 is 15.0 Å². The molecular weight excluding hydrogens is 272 g/mol. The Labute approximate surface area is 123 Å². The first-order valence-electron chi connectivity index (χ1n) is 7.05. The van der Waals surface area contributed by atoms with Gasteiger partial charge in [-0.3, -0.25) is 0 Å². The predicted molar refractivity (Wildman–Crippen MR) is 84.0 cm³/mol. The van der Waals surface area contributed by atoms with Crippen LogP contribution in [0.3, 0.4) is 0 Å². The van der Waals surface area contributed by atoms with Gasteiger partial charge in [0.15, 0.2) is 0 Å². The van der Waals surface area contributed by atoms with Crippen molar-refractivity contribution in [3.63, 3.8) is 0 Å². The average molecular weight is 292 g/mol. The van der Waals surface area contributed by atoms with E-state index in [1.807, 2.05) is 7.05 Å². The van der Waals surface area contributed by atoms with Crippen LogP contribution in [0, 0.1) is 0 Å². The highest BCUT2D eigenvalue weighted by molar-refractivity contribution is 7.18. The molecule has 108 valence electrons. The minimum Gasteiger partial charge on any atom is -0.377 e. The molecule has 2 aromatic rings. The molecule has 2 aromatic heterocycles. The number of morpholine rings is 1. The van der Waals surface area contributed by atoms with Gasteiger partial charge in [-0.05, 0) is 19.4 Å². The third kappa shape index (κ3) is 2.33. The Hall–Kier alpha value is -1.40. The van der Waals surface area contributed by atoms with Crippen molar-refractivity contribution in [2.24, 2.45) is 0 Å². The van der Waals surface area contributed by atoms with E-state index >= 15 is 0 Å². The smallest absolute Gasteiger partial charge is 0.225 e. The Kier molecular flexibility index (Phi) is 3.76. The zero-order chi connectivity index (χ0) is 14.1. The molecule has 0 radical (unpaired) electrons. The lowest BCUT2D eigenvalue weighted by Crippen LogP contribution is -2.44. The van der Waals surface area contributed by atoms with Crippen LogP contribution >= 0.6 is 11.3 Å². The summed E-state index contributed by atoms with van der Waals surface area (Å²) in [5, 5.41) is 4.23. The second-order valence-corrected chi connectivity index (χ2v) is 6.14. The Morgan fingerprint density at radius 3 is 3.05 bits per heavy atom. The fourth-order valence-electron chi connectivity index (χ4n) is 2.50. The van der Waals surface area contributed by atoms with Gasteiger partial charge in [-0.1, -0.05) is 6.92 Å². The molecule has 1 fully saturated rings. The van der Waals surface area contributed by atoms with Gasteiger partial charge in [0.25, 0.3) is 0 Å². The number of nitrogens with one attached hydrogen (secondary N) is 1. The number of nitrogens with zero attached hydrogens (tertiary/aromatic N) is 3. The highest BCUT2D eigenvalue weighted by Crippen LogP contribution is 2.33. The quantitative estimate of drug-likeness (QED) is 0.942. The molecule has 1 saturated heterocycles. The van der Waals surface area contributed by atoms with Gasteiger partial charge in [0.1, 0.15) is 10.6 Å². The maximum atomic E-state index is 5.53. The van der Waals surface area contributed by atoms with Crippen molar-refractivity contribution in [3.8, 4) is 0 Å². The molecular formula is C14H20N4OS. The molecule has 0 bridgehead atoms. The van der Waals surface area contributed by atoms with Gasteiger partial charge in [0.05, 0.1) is 24.6 Å². The van der Waals surface area contributed by atoms with E-state index in [-0.39, 0.29) is 0 Å². The minimum absolute atomic E-state index is 0.344. The Balaban J connectivity index is 2.13. The summed E-state index contributed by atoms with van der Waals surface area (Å²) < 4.78 is 5.53. The van der Waals surface area contributed by atoms with E-state index in [2.05, 4.69) is 35.1 Å². The topological polar surface area (TPSA) is 50.3 Å². The molecule has 1 atom stereocenters. The number of fused-ring (bicyclic) bond motifs is 1. The summed E-state index contributed by atoms with van der Waals surface area (Å²) in [6, 6.07) is 2.58. The van der Waals surface area contributed by atoms with Crippen LogP contribution in [0.15, 0.2) is 6.07 Å². The van der Waals surface area contributed by atoms with Crippen LogP contribution < -0.4 is 10.2 Å². The molecule has 6 heteroatoms. The van der Waals surface area contributed by atoms with Crippen LogP contribution in [0.4, 0.5) is 11.8 Å². The van der Waals surface area contributed by atoms with Crippen molar-refractivity contribution >= 4 is 33.3 Å². The summed E-state index contributed by atoms with van der Waals surface area (Å²) in [5.41, 5.74) is 0. The Bertz CT molecular complexity index is 612. The Morgan fingerprint density at radius 2 is 2.35 bits per heavy atom. The zero-order valence-corrected chi connectivity index (χ0v) is 13.0. The largest absolute Gasteiger partial charge is 0.377 e. The third-order valence-corrected chi connectivity index (χ3v) is 4.81. The molecule has 1 unspecified atom stereocenters. The maximum Gasteiger partial charge on any atom is 0.225 e. The summed E-state index contributed by atoms with van der Waals surface area (Å²) in [6.45, 7) is 6.75. The molecule has 0 amide bonds. The molecule has 3 rings (SSSR count). The fourth-order valence-corrected chi connectivity index (χ4v) is 3.46. The number of ether oxygens (including phenoxy) is 1. The number of aryl methyl sites for hydroxylation is 1. The first-order chi connectivity index (χ1) is 9.72. The first-order valence-corrected chi connectivity index (χ1v) is 7.87.